The molecule has 0 atom stereocenters. The predicted molar refractivity (Wildman–Crippen MR) is 65.5 cm³/mol. The number of rotatable bonds is 2. The summed E-state index contributed by atoms with van der Waals surface area (Å²) in [5, 5.41) is 9.45. The van der Waals surface area contributed by atoms with Gasteiger partial charge in [0.1, 0.15) is 5.82 Å². The zero-order valence-electron chi connectivity index (χ0n) is 8.79. The Kier molecular flexibility index (Phi) is 3.31. The molecule has 0 aliphatic rings. The molecule has 0 fully saturated rings. The van der Waals surface area contributed by atoms with Gasteiger partial charge >= 0.3 is 0 Å². The van der Waals surface area contributed by atoms with Gasteiger partial charge in [-0.1, -0.05) is 29.3 Å². The highest BCUT2D eigenvalue weighted by Gasteiger charge is 2.14. The lowest BCUT2D eigenvalue weighted by Gasteiger charge is -2.04. The molecule has 2 N–H and O–H groups in total. The van der Waals surface area contributed by atoms with Crippen molar-refractivity contribution in [2.75, 3.05) is 5.32 Å². The number of amides is 1. The van der Waals surface area contributed by atoms with E-state index in [1.165, 1.54) is 0 Å². The third-order valence-electron chi connectivity index (χ3n) is 2.02. The molecular formula is C10H8Cl2N4O. The number of carbonyl (C=O) groups is 1. The van der Waals surface area contributed by atoms with Crippen LogP contribution in [0.3, 0.4) is 0 Å². The molecule has 7 heteroatoms. The van der Waals surface area contributed by atoms with Crippen molar-refractivity contribution in [1.82, 2.24) is 15.2 Å². The highest BCUT2D eigenvalue weighted by Crippen LogP contribution is 2.25. The molecule has 0 saturated heterocycles. The molecule has 0 spiro atoms. The van der Waals surface area contributed by atoms with E-state index in [0.29, 0.717) is 10.8 Å². The number of halogens is 2. The van der Waals surface area contributed by atoms with Gasteiger partial charge in [-0.05, 0) is 19.1 Å². The minimum absolute atomic E-state index is 0.198. The van der Waals surface area contributed by atoms with Crippen molar-refractivity contribution < 1.29 is 4.79 Å². The number of H-pyrrole nitrogens is 1. The number of aromatic nitrogens is 3. The molecule has 1 heterocycles. The Balaban J connectivity index is 2.23. The Bertz CT molecular complexity index is 567. The average Bonchev–Trinajstić information content (AvgIpc) is 2.68. The second-order valence-corrected chi connectivity index (χ2v) is 4.09. The topological polar surface area (TPSA) is 70.7 Å². The van der Waals surface area contributed by atoms with Gasteiger partial charge in [-0.15, -0.1) is 5.10 Å². The molecule has 0 radical (unpaired) electrons. The first kappa shape index (κ1) is 11.9. The molecule has 1 amide bonds. The SMILES string of the molecule is Cc1nc(NC(=O)c2cccc(Cl)c2Cl)n[nH]1. The van der Waals surface area contributed by atoms with Crippen molar-refractivity contribution in [1.29, 1.82) is 0 Å². The highest BCUT2D eigenvalue weighted by molar-refractivity contribution is 6.44. The van der Waals surface area contributed by atoms with E-state index in [4.69, 9.17) is 23.2 Å². The Morgan fingerprint density at radius 1 is 1.41 bits per heavy atom. The van der Waals surface area contributed by atoms with E-state index in [1.807, 2.05) is 0 Å². The van der Waals surface area contributed by atoms with E-state index < -0.39 is 5.91 Å². The molecule has 2 rings (SSSR count). The fourth-order valence-corrected chi connectivity index (χ4v) is 1.63. The minimum atomic E-state index is -0.406. The van der Waals surface area contributed by atoms with Crippen LogP contribution in [0.4, 0.5) is 5.95 Å². The minimum Gasteiger partial charge on any atom is -0.289 e. The van der Waals surface area contributed by atoms with E-state index in [1.54, 1.807) is 25.1 Å². The summed E-state index contributed by atoms with van der Waals surface area (Å²) in [6.07, 6.45) is 0. The van der Waals surface area contributed by atoms with Crippen molar-refractivity contribution in [3.63, 3.8) is 0 Å². The molecule has 0 bridgehead atoms. The summed E-state index contributed by atoms with van der Waals surface area (Å²) in [6, 6.07) is 4.83. The molecule has 1 aromatic heterocycles. The third kappa shape index (κ3) is 2.57. The van der Waals surface area contributed by atoms with Crippen molar-refractivity contribution in [3.05, 3.63) is 39.6 Å². The molecule has 1 aromatic carbocycles. The van der Waals surface area contributed by atoms with Gasteiger partial charge in [0.25, 0.3) is 5.91 Å². The van der Waals surface area contributed by atoms with E-state index in [-0.39, 0.29) is 16.5 Å². The molecule has 2 aromatic rings. The molecule has 0 aliphatic carbocycles. The van der Waals surface area contributed by atoms with Crippen LogP contribution in [0.15, 0.2) is 18.2 Å². The second-order valence-electron chi connectivity index (χ2n) is 3.30. The number of anilines is 1. The van der Waals surface area contributed by atoms with Crippen molar-refractivity contribution in [2.45, 2.75) is 6.92 Å². The first-order valence-electron chi connectivity index (χ1n) is 4.72. The quantitative estimate of drug-likeness (QED) is 0.882. The van der Waals surface area contributed by atoms with E-state index in [2.05, 4.69) is 20.5 Å². The van der Waals surface area contributed by atoms with Crippen LogP contribution in [-0.2, 0) is 0 Å². The number of aromatic amines is 1. The maximum Gasteiger partial charge on any atom is 0.259 e. The van der Waals surface area contributed by atoms with E-state index in [0.717, 1.165) is 0 Å². The first-order valence-corrected chi connectivity index (χ1v) is 5.48. The Morgan fingerprint density at radius 3 is 2.82 bits per heavy atom. The van der Waals surface area contributed by atoms with Crippen LogP contribution < -0.4 is 5.32 Å². The normalized spacial score (nSPS) is 10.3. The summed E-state index contributed by atoms with van der Waals surface area (Å²) in [6.45, 7) is 1.73. The van der Waals surface area contributed by atoms with Gasteiger partial charge in [0, 0.05) is 0 Å². The largest absolute Gasteiger partial charge is 0.289 e. The number of nitrogens with one attached hydrogen (secondary N) is 2. The van der Waals surface area contributed by atoms with Crippen LogP contribution in [0, 0.1) is 6.92 Å². The standard InChI is InChI=1S/C10H8Cl2N4O/c1-5-13-10(16-15-5)14-9(17)6-3-2-4-7(11)8(6)12/h2-4H,1H3,(H2,13,14,15,16,17). The molecule has 17 heavy (non-hydrogen) atoms. The smallest absolute Gasteiger partial charge is 0.259 e. The zero-order valence-corrected chi connectivity index (χ0v) is 10.3. The highest BCUT2D eigenvalue weighted by atomic mass is 35.5. The molecule has 0 aliphatic heterocycles. The predicted octanol–water partition coefficient (Wildman–Crippen LogP) is 2.67. The zero-order chi connectivity index (χ0) is 12.4. The van der Waals surface area contributed by atoms with E-state index in [9.17, 15) is 4.79 Å². The Labute approximate surface area is 107 Å². The lowest BCUT2D eigenvalue weighted by atomic mass is 10.2. The van der Waals surface area contributed by atoms with Crippen LogP contribution in [-0.4, -0.2) is 21.1 Å². The lowest BCUT2D eigenvalue weighted by molar-refractivity contribution is 0.102. The van der Waals surface area contributed by atoms with Gasteiger partial charge in [0.2, 0.25) is 5.95 Å². The van der Waals surface area contributed by atoms with Gasteiger partial charge < -0.3 is 0 Å². The third-order valence-corrected chi connectivity index (χ3v) is 2.84. The average molecular weight is 271 g/mol. The number of hydrogen-bond donors (Lipinski definition) is 2. The maximum absolute atomic E-state index is 11.8. The van der Waals surface area contributed by atoms with Gasteiger partial charge in [0.05, 0.1) is 15.6 Å². The summed E-state index contributed by atoms with van der Waals surface area (Å²) in [7, 11) is 0. The fraction of sp³-hybridized carbons (Fsp3) is 0.100. The van der Waals surface area contributed by atoms with E-state index >= 15 is 0 Å². The molecule has 0 saturated carbocycles. The lowest BCUT2D eigenvalue weighted by Crippen LogP contribution is -2.13. The molecule has 0 unspecified atom stereocenters. The Morgan fingerprint density at radius 2 is 2.18 bits per heavy atom. The van der Waals surface area contributed by atoms with Crippen molar-refractivity contribution in [3.8, 4) is 0 Å². The van der Waals surface area contributed by atoms with Gasteiger partial charge in [-0.2, -0.15) is 4.98 Å². The Hall–Kier alpha value is -1.59. The van der Waals surface area contributed by atoms with Gasteiger partial charge in [-0.3, -0.25) is 15.2 Å². The van der Waals surface area contributed by atoms with Crippen LogP contribution in [0.25, 0.3) is 0 Å². The summed E-state index contributed by atoms with van der Waals surface area (Å²) in [5.74, 6) is 0.400. The van der Waals surface area contributed by atoms with Crippen LogP contribution >= 0.6 is 23.2 Å². The number of aryl methyl sites for hydroxylation is 1. The molecular weight excluding hydrogens is 263 g/mol. The summed E-state index contributed by atoms with van der Waals surface area (Å²) in [5.41, 5.74) is 0.279. The van der Waals surface area contributed by atoms with Gasteiger partial charge in [0.15, 0.2) is 0 Å². The summed E-state index contributed by atoms with van der Waals surface area (Å²) < 4.78 is 0. The second kappa shape index (κ2) is 4.73. The molecule has 88 valence electrons. The van der Waals surface area contributed by atoms with Crippen molar-refractivity contribution >= 4 is 35.1 Å². The monoisotopic (exact) mass is 270 g/mol. The number of nitrogens with zero attached hydrogens (tertiary/aromatic N) is 2. The van der Waals surface area contributed by atoms with Gasteiger partial charge in [-0.25, -0.2) is 0 Å². The molecule has 5 nitrogen and oxygen atoms in total. The maximum atomic E-state index is 11.8. The van der Waals surface area contributed by atoms with Crippen LogP contribution in [0.5, 0.6) is 0 Å². The number of benzene rings is 1. The van der Waals surface area contributed by atoms with Crippen molar-refractivity contribution in [2.24, 2.45) is 0 Å². The summed E-state index contributed by atoms with van der Waals surface area (Å²) >= 11 is 11.7. The summed E-state index contributed by atoms with van der Waals surface area (Å²) in [4.78, 5) is 15.8. The van der Waals surface area contributed by atoms with Crippen LogP contribution in [0.1, 0.15) is 16.2 Å². The van der Waals surface area contributed by atoms with Crippen LogP contribution in [0.2, 0.25) is 10.0 Å². The number of hydrogen-bond acceptors (Lipinski definition) is 3. The fourth-order valence-electron chi connectivity index (χ4n) is 1.25. The first-order chi connectivity index (χ1) is 8.08. The number of carbonyl (C=O) groups excluding carboxylic acids is 1.